The van der Waals surface area contributed by atoms with Gasteiger partial charge in [0.2, 0.25) is 11.8 Å². The first-order chi connectivity index (χ1) is 15.2. The number of nitrogens with zero attached hydrogens (tertiary/aromatic N) is 2. The maximum atomic E-state index is 12.8. The molecule has 0 saturated carbocycles. The van der Waals surface area contributed by atoms with Crippen molar-refractivity contribution in [2.24, 2.45) is 0 Å². The average molecular weight is 447 g/mol. The van der Waals surface area contributed by atoms with Gasteiger partial charge in [0.1, 0.15) is 12.3 Å². The standard InChI is InChI=1S/C21H20F3N5O3/c1-32-18-7-5-15(6-8-18)27-20(31)13-29-12-17(10-26-29)28-19(30)11-25-16-4-2-3-14(9-16)21(22,23)24/h2-10,12,25H,11,13H2,1H3,(H,27,31)(H,28,30). The van der Waals surface area contributed by atoms with Gasteiger partial charge >= 0.3 is 6.18 Å². The molecule has 3 aromatic rings. The molecule has 0 spiro atoms. The molecule has 0 saturated heterocycles. The first kappa shape index (κ1) is 22.7. The topological polar surface area (TPSA) is 97.3 Å². The summed E-state index contributed by atoms with van der Waals surface area (Å²) >= 11 is 0. The molecule has 2 amide bonds. The minimum atomic E-state index is -4.46. The van der Waals surface area contributed by atoms with Crippen molar-refractivity contribution in [3.05, 3.63) is 66.5 Å². The van der Waals surface area contributed by atoms with Gasteiger partial charge in [0.05, 0.1) is 31.1 Å². The zero-order valence-corrected chi connectivity index (χ0v) is 16.9. The normalized spacial score (nSPS) is 11.0. The predicted molar refractivity (Wildman–Crippen MR) is 112 cm³/mol. The Balaban J connectivity index is 1.48. The Hall–Kier alpha value is -4.02. The fraction of sp³-hybridized carbons (Fsp3) is 0.190. The summed E-state index contributed by atoms with van der Waals surface area (Å²) in [6.07, 6.45) is -1.63. The Kier molecular flexibility index (Phi) is 6.98. The van der Waals surface area contributed by atoms with Crippen LogP contribution in [0.3, 0.4) is 0 Å². The molecule has 0 aliphatic carbocycles. The van der Waals surface area contributed by atoms with Crippen LogP contribution in [0.2, 0.25) is 0 Å². The number of alkyl halides is 3. The molecule has 1 aromatic heterocycles. The smallest absolute Gasteiger partial charge is 0.416 e. The molecule has 11 heteroatoms. The van der Waals surface area contributed by atoms with E-state index in [0.717, 1.165) is 12.1 Å². The van der Waals surface area contributed by atoms with Gasteiger partial charge < -0.3 is 20.7 Å². The number of methoxy groups -OCH3 is 1. The largest absolute Gasteiger partial charge is 0.497 e. The van der Waals surface area contributed by atoms with E-state index in [4.69, 9.17) is 4.74 Å². The van der Waals surface area contributed by atoms with Gasteiger partial charge in [-0.2, -0.15) is 18.3 Å². The van der Waals surface area contributed by atoms with Crippen LogP contribution in [0.5, 0.6) is 5.75 Å². The lowest BCUT2D eigenvalue weighted by Gasteiger charge is -2.10. The maximum absolute atomic E-state index is 12.8. The van der Waals surface area contributed by atoms with Crippen molar-refractivity contribution in [2.45, 2.75) is 12.7 Å². The molecule has 0 bridgehead atoms. The van der Waals surface area contributed by atoms with Crippen LogP contribution in [0.1, 0.15) is 5.56 Å². The molecule has 32 heavy (non-hydrogen) atoms. The molecule has 168 valence electrons. The first-order valence-corrected chi connectivity index (χ1v) is 9.40. The van der Waals surface area contributed by atoms with Crippen LogP contribution in [0.25, 0.3) is 0 Å². The van der Waals surface area contributed by atoms with Crippen molar-refractivity contribution in [2.75, 3.05) is 29.6 Å². The third-order valence-corrected chi connectivity index (χ3v) is 4.24. The van der Waals surface area contributed by atoms with Crippen LogP contribution in [0, 0.1) is 0 Å². The van der Waals surface area contributed by atoms with Crippen molar-refractivity contribution in [1.29, 1.82) is 0 Å². The number of hydrogen-bond acceptors (Lipinski definition) is 5. The van der Waals surface area contributed by atoms with E-state index in [0.29, 0.717) is 17.1 Å². The molecule has 0 atom stereocenters. The van der Waals surface area contributed by atoms with Crippen molar-refractivity contribution in [3.63, 3.8) is 0 Å². The molecule has 8 nitrogen and oxygen atoms in total. The summed E-state index contributed by atoms with van der Waals surface area (Å²) in [5.41, 5.74) is 0.299. The summed E-state index contributed by atoms with van der Waals surface area (Å²) in [6.45, 7) is -0.325. The zero-order valence-electron chi connectivity index (χ0n) is 16.9. The van der Waals surface area contributed by atoms with Gasteiger partial charge in [-0.05, 0) is 42.5 Å². The van der Waals surface area contributed by atoms with Crippen LogP contribution in [-0.2, 0) is 22.3 Å². The Morgan fingerprint density at radius 2 is 1.72 bits per heavy atom. The highest BCUT2D eigenvalue weighted by molar-refractivity contribution is 5.93. The minimum Gasteiger partial charge on any atom is -0.497 e. The number of nitrogens with one attached hydrogen (secondary N) is 3. The fourth-order valence-electron chi connectivity index (χ4n) is 2.73. The Morgan fingerprint density at radius 3 is 2.41 bits per heavy atom. The molecule has 2 aromatic carbocycles. The number of halogens is 3. The number of rotatable bonds is 8. The average Bonchev–Trinajstić information content (AvgIpc) is 3.18. The summed E-state index contributed by atoms with van der Waals surface area (Å²) in [5, 5.41) is 11.9. The SMILES string of the molecule is COc1ccc(NC(=O)Cn2cc(NC(=O)CNc3cccc(C(F)(F)F)c3)cn2)cc1. The van der Waals surface area contributed by atoms with Gasteiger partial charge in [0.25, 0.3) is 0 Å². The highest BCUT2D eigenvalue weighted by Crippen LogP contribution is 2.30. The van der Waals surface area contributed by atoms with Crippen LogP contribution in [-0.4, -0.2) is 35.2 Å². The molecule has 0 aliphatic rings. The number of hydrogen-bond donors (Lipinski definition) is 3. The quantitative estimate of drug-likeness (QED) is 0.490. The van der Waals surface area contributed by atoms with Gasteiger partial charge in [0, 0.05) is 17.6 Å². The summed E-state index contributed by atoms with van der Waals surface area (Å²) in [6, 6.07) is 11.4. The fourth-order valence-corrected chi connectivity index (χ4v) is 2.73. The molecule has 0 fully saturated rings. The lowest BCUT2D eigenvalue weighted by Crippen LogP contribution is -2.22. The predicted octanol–water partition coefficient (Wildman–Crippen LogP) is 3.60. The molecule has 0 unspecified atom stereocenters. The Morgan fingerprint density at radius 1 is 1.00 bits per heavy atom. The van der Waals surface area contributed by atoms with Crippen molar-refractivity contribution in [1.82, 2.24) is 9.78 Å². The number of amides is 2. The highest BCUT2D eigenvalue weighted by Gasteiger charge is 2.30. The van der Waals surface area contributed by atoms with E-state index in [1.54, 1.807) is 31.4 Å². The second kappa shape index (κ2) is 9.86. The number of ether oxygens (including phenoxy) is 1. The molecular weight excluding hydrogens is 427 g/mol. The third kappa shape index (κ3) is 6.49. The van der Waals surface area contributed by atoms with E-state index in [1.807, 2.05) is 0 Å². The van der Waals surface area contributed by atoms with Crippen LogP contribution >= 0.6 is 0 Å². The van der Waals surface area contributed by atoms with E-state index in [1.165, 1.54) is 29.2 Å². The molecule has 3 rings (SSSR count). The molecule has 0 radical (unpaired) electrons. The van der Waals surface area contributed by atoms with Gasteiger partial charge in [0.15, 0.2) is 0 Å². The van der Waals surface area contributed by atoms with E-state index in [2.05, 4.69) is 21.0 Å². The van der Waals surface area contributed by atoms with Gasteiger partial charge in [-0.25, -0.2) is 0 Å². The van der Waals surface area contributed by atoms with Gasteiger partial charge in [-0.3, -0.25) is 14.3 Å². The van der Waals surface area contributed by atoms with E-state index >= 15 is 0 Å². The zero-order chi connectivity index (χ0) is 23.1. The van der Waals surface area contributed by atoms with E-state index < -0.39 is 17.6 Å². The van der Waals surface area contributed by atoms with Crippen molar-refractivity contribution >= 4 is 28.9 Å². The summed E-state index contributed by atoms with van der Waals surface area (Å²) < 4.78 is 44.6. The molecule has 0 aliphatic heterocycles. The second-order valence-electron chi connectivity index (χ2n) is 6.68. The van der Waals surface area contributed by atoms with Crippen LogP contribution in [0.15, 0.2) is 60.9 Å². The van der Waals surface area contributed by atoms with E-state index in [-0.39, 0.29) is 24.7 Å². The van der Waals surface area contributed by atoms with Crippen LogP contribution < -0.4 is 20.7 Å². The second-order valence-corrected chi connectivity index (χ2v) is 6.68. The lowest BCUT2D eigenvalue weighted by molar-refractivity contribution is -0.137. The van der Waals surface area contributed by atoms with Crippen molar-refractivity contribution in [3.8, 4) is 5.75 Å². The van der Waals surface area contributed by atoms with Crippen LogP contribution in [0.4, 0.5) is 30.2 Å². The Labute approximate surface area is 181 Å². The minimum absolute atomic E-state index is 0.0790. The number of carbonyl (C=O) groups excluding carboxylic acids is 2. The summed E-state index contributed by atoms with van der Waals surface area (Å²) in [5.74, 6) is -0.134. The molecular formula is C21H20F3N5O3. The van der Waals surface area contributed by atoms with Gasteiger partial charge in [-0.15, -0.1) is 0 Å². The monoisotopic (exact) mass is 447 g/mol. The summed E-state index contributed by atoms with van der Waals surface area (Å²) in [7, 11) is 1.54. The summed E-state index contributed by atoms with van der Waals surface area (Å²) in [4.78, 5) is 24.2. The number of benzene rings is 2. The first-order valence-electron chi connectivity index (χ1n) is 9.40. The van der Waals surface area contributed by atoms with Crippen molar-refractivity contribution < 1.29 is 27.5 Å². The maximum Gasteiger partial charge on any atom is 0.416 e. The van der Waals surface area contributed by atoms with Gasteiger partial charge in [-0.1, -0.05) is 6.07 Å². The number of aromatic nitrogens is 2. The lowest BCUT2D eigenvalue weighted by atomic mass is 10.2. The van der Waals surface area contributed by atoms with E-state index in [9.17, 15) is 22.8 Å². The number of anilines is 3. The molecule has 3 N–H and O–H groups in total. The highest BCUT2D eigenvalue weighted by atomic mass is 19.4. The number of carbonyl (C=O) groups is 2. The third-order valence-electron chi connectivity index (χ3n) is 4.24. The molecule has 1 heterocycles. The Bertz CT molecular complexity index is 1080.